The smallest absolute Gasteiger partial charge is 0.306 e. The first-order chi connectivity index (χ1) is 31.0. The van der Waals surface area contributed by atoms with Gasteiger partial charge in [0, 0.05) is 6.42 Å². The molecule has 1 amide bonds. The second-order valence-electron chi connectivity index (χ2n) is 18.2. The Kier molecular flexibility index (Phi) is 48.6. The zero-order valence-electron chi connectivity index (χ0n) is 41.7. The summed E-state index contributed by atoms with van der Waals surface area (Å²) in [4.78, 5) is 26.2. The van der Waals surface area contributed by atoms with Gasteiger partial charge in [0.05, 0.1) is 25.2 Å². The molecule has 0 aliphatic heterocycles. The summed E-state index contributed by atoms with van der Waals surface area (Å²) in [6.07, 6.45) is 62.9. The van der Waals surface area contributed by atoms with Gasteiger partial charge in [0.2, 0.25) is 5.91 Å². The fourth-order valence-corrected chi connectivity index (χ4v) is 8.01. The second-order valence-corrected chi connectivity index (χ2v) is 18.2. The van der Waals surface area contributed by atoms with Crippen molar-refractivity contribution in [2.24, 2.45) is 0 Å². The molecule has 0 aromatic carbocycles. The SMILES string of the molecule is CC/C=C/C/C=C/C/C=C/C/C=C/CCCC(CC(=O)NC(CO)C(O)CCCCCCCCCCCCCC)OC(=O)CCCCCCC/C=C/CCCCCCCCCCC. The number of carbonyl (C=O) groups is 2. The van der Waals surface area contributed by atoms with E-state index in [0.717, 1.165) is 83.5 Å². The highest BCUT2D eigenvalue weighted by molar-refractivity contribution is 5.77. The number of esters is 1. The van der Waals surface area contributed by atoms with Gasteiger partial charge in [-0.15, -0.1) is 0 Å². The van der Waals surface area contributed by atoms with Crippen molar-refractivity contribution in [1.29, 1.82) is 0 Å². The lowest BCUT2D eigenvalue weighted by molar-refractivity contribution is -0.151. The number of nitrogens with one attached hydrogen (secondary N) is 1. The summed E-state index contributed by atoms with van der Waals surface area (Å²) in [5.74, 6) is -0.534. The number of carbonyl (C=O) groups excluding carboxylic acids is 2. The molecule has 0 saturated heterocycles. The average molecular weight is 882 g/mol. The third kappa shape index (κ3) is 45.9. The molecule has 0 radical (unpaired) electrons. The topological polar surface area (TPSA) is 95.9 Å². The number of rotatable bonds is 48. The number of amides is 1. The lowest BCUT2D eigenvalue weighted by Crippen LogP contribution is -2.46. The lowest BCUT2D eigenvalue weighted by Gasteiger charge is -2.24. The summed E-state index contributed by atoms with van der Waals surface area (Å²) >= 11 is 0. The van der Waals surface area contributed by atoms with Crippen LogP contribution in [0.15, 0.2) is 60.8 Å². The summed E-state index contributed by atoms with van der Waals surface area (Å²) < 4.78 is 5.91. The number of unbranched alkanes of at least 4 members (excludes halogenated alkanes) is 26. The van der Waals surface area contributed by atoms with Crippen molar-refractivity contribution in [3.05, 3.63) is 60.8 Å². The first-order valence-corrected chi connectivity index (χ1v) is 27.0. The van der Waals surface area contributed by atoms with E-state index in [0.29, 0.717) is 19.3 Å². The van der Waals surface area contributed by atoms with Gasteiger partial charge >= 0.3 is 5.97 Å². The maximum atomic E-state index is 13.2. The summed E-state index contributed by atoms with van der Waals surface area (Å²) in [6, 6.07) is -0.721. The predicted molar refractivity (Wildman–Crippen MR) is 273 cm³/mol. The van der Waals surface area contributed by atoms with Crippen LogP contribution in [0.4, 0.5) is 0 Å². The van der Waals surface area contributed by atoms with E-state index >= 15 is 0 Å². The molecule has 0 aromatic heterocycles. The number of ether oxygens (including phenoxy) is 1. The minimum absolute atomic E-state index is 0.0361. The number of hydrogen-bond donors (Lipinski definition) is 3. The summed E-state index contributed by atoms with van der Waals surface area (Å²) in [7, 11) is 0. The molecule has 0 aliphatic carbocycles. The van der Waals surface area contributed by atoms with Gasteiger partial charge in [0.1, 0.15) is 6.10 Å². The van der Waals surface area contributed by atoms with Gasteiger partial charge in [-0.2, -0.15) is 0 Å². The Morgan fingerprint density at radius 3 is 1.35 bits per heavy atom. The van der Waals surface area contributed by atoms with Crippen molar-refractivity contribution in [1.82, 2.24) is 5.32 Å². The molecule has 3 atom stereocenters. The van der Waals surface area contributed by atoms with Gasteiger partial charge < -0.3 is 20.3 Å². The third-order valence-electron chi connectivity index (χ3n) is 12.1. The molecule has 0 saturated carbocycles. The van der Waals surface area contributed by atoms with Crippen LogP contribution in [0.5, 0.6) is 0 Å². The maximum absolute atomic E-state index is 13.2. The van der Waals surface area contributed by atoms with Gasteiger partial charge in [-0.05, 0) is 83.5 Å². The summed E-state index contributed by atoms with van der Waals surface area (Å²) in [6.45, 7) is 6.36. The average Bonchev–Trinajstić information content (AvgIpc) is 3.28. The Labute approximate surface area is 390 Å². The number of aliphatic hydroxyl groups is 2. The van der Waals surface area contributed by atoms with E-state index in [1.807, 2.05) is 0 Å². The fraction of sp³-hybridized carbons (Fsp3) is 0.789. The Bertz CT molecular complexity index is 1130. The van der Waals surface area contributed by atoms with Crippen molar-refractivity contribution < 1.29 is 24.5 Å². The van der Waals surface area contributed by atoms with Gasteiger partial charge in [-0.1, -0.05) is 229 Å². The number of hydrogen-bond acceptors (Lipinski definition) is 5. The Balaban J connectivity index is 4.63. The molecule has 0 rings (SSSR count). The molecule has 63 heavy (non-hydrogen) atoms. The van der Waals surface area contributed by atoms with Crippen LogP contribution in [-0.4, -0.2) is 46.9 Å². The summed E-state index contributed by atoms with van der Waals surface area (Å²) in [5.41, 5.74) is 0. The predicted octanol–water partition coefficient (Wildman–Crippen LogP) is 16.4. The number of aliphatic hydroxyl groups excluding tert-OH is 2. The van der Waals surface area contributed by atoms with E-state index in [1.54, 1.807) is 0 Å². The van der Waals surface area contributed by atoms with Gasteiger partial charge in [-0.3, -0.25) is 9.59 Å². The molecule has 3 N–H and O–H groups in total. The lowest BCUT2D eigenvalue weighted by atomic mass is 10.0. The molecular formula is C57H103NO5. The summed E-state index contributed by atoms with van der Waals surface area (Å²) in [5, 5.41) is 23.8. The van der Waals surface area contributed by atoms with Crippen LogP contribution in [0.25, 0.3) is 0 Å². The molecule has 0 aromatic rings. The molecule has 0 spiro atoms. The van der Waals surface area contributed by atoms with Gasteiger partial charge in [0.15, 0.2) is 0 Å². The number of allylic oxidation sites excluding steroid dienone is 10. The van der Waals surface area contributed by atoms with E-state index in [1.165, 1.54) is 135 Å². The molecule has 3 unspecified atom stereocenters. The second kappa shape index (κ2) is 50.6. The highest BCUT2D eigenvalue weighted by atomic mass is 16.5. The first kappa shape index (κ1) is 60.6. The molecule has 0 fully saturated rings. The quantitative estimate of drug-likeness (QED) is 0.0321. The van der Waals surface area contributed by atoms with Gasteiger partial charge in [0.25, 0.3) is 0 Å². The maximum Gasteiger partial charge on any atom is 0.306 e. The highest BCUT2D eigenvalue weighted by Gasteiger charge is 2.24. The zero-order chi connectivity index (χ0) is 45.9. The molecular weight excluding hydrogens is 779 g/mol. The monoisotopic (exact) mass is 882 g/mol. The zero-order valence-corrected chi connectivity index (χ0v) is 41.7. The Morgan fingerprint density at radius 1 is 0.476 bits per heavy atom. The minimum Gasteiger partial charge on any atom is -0.462 e. The van der Waals surface area contributed by atoms with E-state index in [2.05, 4.69) is 86.8 Å². The van der Waals surface area contributed by atoms with Crippen molar-refractivity contribution >= 4 is 11.9 Å². The van der Waals surface area contributed by atoms with Crippen LogP contribution in [-0.2, 0) is 14.3 Å². The van der Waals surface area contributed by atoms with E-state index in [4.69, 9.17) is 4.74 Å². The largest absolute Gasteiger partial charge is 0.462 e. The van der Waals surface area contributed by atoms with Crippen molar-refractivity contribution in [3.63, 3.8) is 0 Å². The van der Waals surface area contributed by atoms with Crippen LogP contribution in [0, 0.1) is 0 Å². The fourth-order valence-electron chi connectivity index (χ4n) is 8.01. The standard InChI is InChI=1S/C57H103NO5/c1-4-7-10-13-16-19-22-25-27-28-29-30-32-35-38-41-44-47-50-57(62)63-53(48-45-42-39-36-33-31-26-23-20-17-14-11-8-5-2)51-56(61)58-54(52-59)55(60)49-46-43-40-37-34-24-21-18-15-12-9-6-3/h8,11,17,20,26,29-31,36,39,53-55,59-60H,4-7,9-10,12-16,18-19,21-25,27-28,32-35,37-38,40-52H2,1-3H3,(H,58,61)/b11-8+,20-17+,30-29+,31-26+,39-36+. The normalized spacial score (nSPS) is 13.7. The van der Waals surface area contributed by atoms with Gasteiger partial charge in [-0.25, -0.2) is 0 Å². The third-order valence-corrected chi connectivity index (χ3v) is 12.1. The van der Waals surface area contributed by atoms with Crippen LogP contribution < -0.4 is 5.32 Å². The molecule has 6 heteroatoms. The minimum atomic E-state index is -0.804. The van der Waals surface area contributed by atoms with Crippen molar-refractivity contribution in [2.45, 2.75) is 283 Å². The molecule has 366 valence electrons. The van der Waals surface area contributed by atoms with E-state index in [-0.39, 0.29) is 24.9 Å². The first-order valence-electron chi connectivity index (χ1n) is 27.0. The van der Waals surface area contributed by atoms with Crippen molar-refractivity contribution in [3.8, 4) is 0 Å². The molecule has 0 bridgehead atoms. The molecule has 0 aliphatic rings. The van der Waals surface area contributed by atoms with Crippen LogP contribution >= 0.6 is 0 Å². The highest BCUT2D eigenvalue weighted by Crippen LogP contribution is 2.17. The van der Waals surface area contributed by atoms with Crippen LogP contribution in [0.2, 0.25) is 0 Å². The Hall–Kier alpha value is -2.44. The molecule has 0 heterocycles. The van der Waals surface area contributed by atoms with Crippen LogP contribution in [0.1, 0.15) is 265 Å². The van der Waals surface area contributed by atoms with Crippen LogP contribution in [0.3, 0.4) is 0 Å². The van der Waals surface area contributed by atoms with Crippen molar-refractivity contribution in [2.75, 3.05) is 6.61 Å². The molecule has 6 nitrogen and oxygen atoms in total. The van der Waals surface area contributed by atoms with E-state index < -0.39 is 18.2 Å². The van der Waals surface area contributed by atoms with E-state index in [9.17, 15) is 19.8 Å². The Morgan fingerprint density at radius 2 is 0.873 bits per heavy atom.